The number of ether oxygens (including phenoxy) is 1. The fourth-order valence-corrected chi connectivity index (χ4v) is 4.10. The summed E-state index contributed by atoms with van der Waals surface area (Å²) in [5.41, 5.74) is 2.62. The molecule has 0 aliphatic carbocycles. The standard InChI is InChI=1S/C19H24N2O4S2/c1-13-5-7-18(14(2)11-13)25-10-9-20-27(23,24)16-6-8-19(26-4)17(12-16)21-15(3)22/h5-8,11-12,20H,9-10H2,1-4H3,(H,21,22). The largest absolute Gasteiger partial charge is 0.492 e. The van der Waals surface area contributed by atoms with Crippen molar-refractivity contribution in [2.75, 3.05) is 24.7 Å². The Labute approximate surface area is 164 Å². The third-order valence-corrected chi connectivity index (χ3v) is 6.03. The Kier molecular flexibility index (Phi) is 7.29. The molecule has 1 amide bonds. The first-order valence-corrected chi connectivity index (χ1v) is 11.1. The molecule has 0 aliphatic heterocycles. The minimum Gasteiger partial charge on any atom is -0.492 e. The molecule has 2 aromatic carbocycles. The van der Waals surface area contributed by atoms with E-state index >= 15 is 0 Å². The summed E-state index contributed by atoms with van der Waals surface area (Å²) in [6.45, 7) is 5.68. The molecule has 6 nitrogen and oxygen atoms in total. The molecule has 0 saturated heterocycles. The van der Waals surface area contributed by atoms with Crippen LogP contribution < -0.4 is 14.8 Å². The maximum Gasteiger partial charge on any atom is 0.240 e. The maximum atomic E-state index is 12.5. The van der Waals surface area contributed by atoms with Crippen LogP contribution in [0, 0.1) is 13.8 Å². The average Bonchev–Trinajstić information content (AvgIpc) is 2.59. The van der Waals surface area contributed by atoms with E-state index in [9.17, 15) is 13.2 Å². The Balaban J connectivity index is 2.02. The number of nitrogens with one attached hydrogen (secondary N) is 2. The van der Waals surface area contributed by atoms with Crippen LogP contribution in [0.3, 0.4) is 0 Å². The third-order valence-electron chi connectivity index (χ3n) is 3.77. The highest BCUT2D eigenvalue weighted by Gasteiger charge is 2.16. The first-order chi connectivity index (χ1) is 12.7. The van der Waals surface area contributed by atoms with Gasteiger partial charge in [0.05, 0.1) is 10.6 Å². The molecule has 0 radical (unpaired) electrons. The number of carbonyl (C=O) groups excluding carboxylic acids is 1. The van der Waals surface area contributed by atoms with Gasteiger partial charge in [0.25, 0.3) is 0 Å². The number of anilines is 1. The monoisotopic (exact) mass is 408 g/mol. The highest BCUT2D eigenvalue weighted by molar-refractivity contribution is 7.98. The number of aryl methyl sites for hydroxylation is 2. The molecular weight excluding hydrogens is 384 g/mol. The van der Waals surface area contributed by atoms with Crippen LogP contribution in [0.1, 0.15) is 18.1 Å². The lowest BCUT2D eigenvalue weighted by Gasteiger charge is -2.13. The molecule has 8 heteroatoms. The Bertz CT molecular complexity index is 927. The molecule has 0 unspecified atom stereocenters. The van der Waals surface area contributed by atoms with Crippen LogP contribution in [0.2, 0.25) is 0 Å². The summed E-state index contributed by atoms with van der Waals surface area (Å²) in [7, 11) is -3.71. The van der Waals surface area contributed by atoms with Crippen LogP contribution >= 0.6 is 11.8 Å². The van der Waals surface area contributed by atoms with E-state index in [0.717, 1.165) is 21.8 Å². The van der Waals surface area contributed by atoms with Crippen LogP contribution in [0.5, 0.6) is 5.75 Å². The average molecular weight is 409 g/mol. The Morgan fingerprint density at radius 3 is 2.52 bits per heavy atom. The SMILES string of the molecule is CSc1ccc(S(=O)(=O)NCCOc2ccc(C)cc2C)cc1NC(C)=O. The number of amides is 1. The lowest BCUT2D eigenvalue weighted by molar-refractivity contribution is -0.114. The van der Waals surface area contributed by atoms with Crippen molar-refractivity contribution in [1.82, 2.24) is 4.72 Å². The van der Waals surface area contributed by atoms with Gasteiger partial charge in [0.15, 0.2) is 0 Å². The molecule has 27 heavy (non-hydrogen) atoms. The molecule has 0 fully saturated rings. The second-order valence-corrected chi connectivity index (χ2v) is 8.67. The summed E-state index contributed by atoms with van der Waals surface area (Å²) in [4.78, 5) is 12.2. The fourth-order valence-electron chi connectivity index (χ4n) is 2.52. The van der Waals surface area contributed by atoms with Gasteiger partial charge in [-0.15, -0.1) is 11.8 Å². The van der Waals surface area contributed by atoms with Crippen LogP contribution in [0.15, 0.2) is 46.2 Å². The molecule has 0 spiro atoms. The topological polar surface area (TPSA) is 84.5 Å². The van der Waals surface area contributed by atoms with Gasteiger partial charge in [0.1, 0.15) is 12.4 Å². The van der Waals surface area contributed by atoms with E-state index < -0.39 is 10.0 Å². The third kappa shape index (κ3) is 5.98. The fraction of sp³-hybridized carbons (Fsp3) is 0.316. The first kappa shape index (κ1) is 21.3. The number of thioether (sulfide) groups is 1. The Morgan fingerprint density at radius 2 is 1.89 bits per heavy atom. The number of sulfonamides is 1. The van der Waals surface area contributed by atoms with Crippen LogP contribution in [-0.4, -0.2) is 33.7 Å². The number of rotatable bonds is 8. The summed E-state index contributed by atoms with van der Waals surface area (Å²) in [6, 6.07) is 10.5. The second kappa shape index (κ2) is 9.25. The normalized spacial score (nSPS) is 11.3. The molecule has 2 N–H and O–H groups in total. The number of hydrogen-bond acceptors (Lipinski definition) is 5. The van der Waals surface area contributed by atoms with Gasteiger partial charge in [-0.2, -0.15) is 0 Å². The zero-order valence-corrected chi connectivity index (χ0v) is 17.5. The second-order valence-electron chi connectivity index (χ2n) is 6.06. The van der Waals surface area contributed by atoms with Gasteiger partial charge in [-0.3, -0.25) is 4.79 Å². The molecule has 0 bridgehead atoms. The van der Waals surface area contributed by atoms with E-state index in [-0.39, 0.29) is 24.0 Å². The molecule has 146 valence electrons. The Morgan fingerprint density at radius 1 is 1.15 bits per heavy atom. The summed E-state index contributed by atoms with van der Waals surface area (Å²) >= 11 is 1.43. The molecule has 0 aromatic heterocycles. The predicted octanol–water partition coefficient (Wildman–Crippen LogP) is 3.34. The van der Waals surface area contributed by atoms with E-state index in [1.165, 1.54) is 30.8 Å². The number of hydrogen-bond donors (Lipinski definition) is 2. The molecule has 0 aliphatic rings. The maximum absolute atomic E-state index is 12.5. The number of benzene rings is 2. The van der Waals surface area contributed by atoms with Crippen molar-refractivity contribution in [1.29, 1.82) is 0 Å². The Hall–Kier alpha value is -2.03. The van der Waals surface area contributed by atoms with Gasteiger partial charge < -0.3 is 10.1 Å². The zero-order chi connectivity index (χ0) is 20.0. The summed E-state index contributed by atoms with van der Waals surface area (Å²) in [6.07, 6.45) is 1.86. The smallest absolute Gasteiger partial charge is 0.240 e. The van der Waals surface area contributed by atoms with Crippen LogP contribution in [-0.2, 0) is 14.8 Å². The van der Waals surface area contributed by atoms with E-state index in [1.807, 2.05) is 38.3 Å². The summed E-state index contributed by atoms with van der Waals surface area (Å²) in [5.74, 6) is 0.478. The molecule has 0 heterocycles. The van der Waals surface area contributed by atoms with Gasteiger partial charge >= 0.3 is 0 Å². The van der Waals surface area contributed by atoms with Crippen molar-refractivity contribution in [2.24, 2.45) is 0 Å². The van der Waals surface area contributed by atoms with E-state index in [0.29, 0.717) is 5.69 Å². The predicted molar refractivity (Wildman–Crippen MR) is 109 cm³/mol. The van der Waals surface area contributed by atoms with Crippen molar-refractivity contribution in [3.8, 4) is 5.75 Å². The summed E-state index contributed by atoms with van der Waals surface area (Å²) < 4.78 is 33.2. The number of carbonyl (C=O) groups is 1. The molecule has 2 rings (SSSR count). The van der Waals surface area contributed by atoms with Gasteiger partial charge in [-0.25, -0.2) is 13.1 Å². The molecule has 2 aromatic rings. The van der Waals surface area contributed by atoms with Crippen molar-refractivity contribution in [3.63, 3.8) is 0 Å². The molecule has 0 saturated carbocycles. The van der Waals surface area contributed by atoms with E-state index in [4.69, 9.17) is 4.74 Å². The minimum atomic E-state index is -3.71. The van der Waals surface area contributed by atoms with Crippen molar-refractivity contribution in [2.45, 2.75) is 30.6 Å². The van der Waals surface area contributed by atoms with Gasteiger partial charge in [0.2, 0.25) is 15.9 Å². The van der Waals surface area contributed by atoms with Crippen molar-refractivity contribution >= 4 is 33.4 Å². The van der Waals surface area contributed by atoms with Crippen molar-refractivity contribution < 1.29 is 17.9 Å². The molecule has 0 atom stereocenters. The van der Waals surface area contributed by atoms with Crippen molar-refractivity contribution in [3.05, 3.63) is 47.5 Å². The van der Waals surface area contributed by atoms with E-state index in [1.54, 1.807) is 6.07 Å². The van der Waals surface area contributed by atoms with Gasteiger partial charge in [-0.1, -0.05) is 17.7 Å². The lowest BCUT2D eigenvalue weighted by Crippen LogP contribution is -2.28. The van der Waals surface area contributed by atoms with Crippen LogP contribution in [0.25, 0.3) is 0 Å². The quantitative estimate of drug-likeness (QED) is 0.517. The zero-order valence-electron chi connectivity index (χ0n) is 15.8. The first-order valence-electron chi connectivity index (χ1n) is 8.38. The van der Waals surface area contributed by atoms with Crippen LogP contribution in [0.4, 0.5) is 5.69 Å². The summed E-state index contributed by atoms with van der Waals surface area (Å²) in [5, 5.41) is 2.66. The lowest BCUT2D eigenvalue weighted by atomic mass is 10.1. The van der Waals surface area contributed by atoms with E-state index in [2.05, 4.69) is 10.0 Å². The van der Waals surface area contributed by atoms with Gasteiger partial charge in [-0.05, 0) is 49.9 Å². The highest BCUT2D eigenvalue weighted by Crippen LogP contribution is 2.28. The molecular formula is C19H24N2O4S2. The highest BCUT2D eigenvalue weighted by atomic mass is 32.2. The minimum absolute atomic E-state index is 0.0931. The van der Waals surface area contributed by atoms with Gasteiger partial charge in [0, 0.05) is 18.4 Å².